The molecule has 166 valence electrons. The Morgan fingerprint density at radius 2 is 1.48 bits per heavy atom. The Bertz CT molecular complexity index is 1210. The molecule has 0 saturated heterocycles. The topological polar surface area (TPSA) is 99.7 Å². The Balaban J connectivity index is 1.61. The Morgan fingerprint density at radius 3 is 2.21 bits per heavy atom. The summed E-state index contributed by atoms with van der Waals surface area (Å²) in [5.41, 5.74) is 4.61. The monoisotopic (exact) mass is 460 g/mol. The van der Waals surface area contributed by atoms with Crippen molar-refractivity contribution in [3.63, 3.8) is 0 Å². The lowest BCUT2D eigenvalue weighted by Crippen LogP contribution is -2.33. The molecular weight excluding hydrogens is 440 g/mol. The maximum Gasteiger partial charge on any atom is 0.329 e. The minimum Gasteiger partial charge on any atom is -0.322 e. The fraction of sp³-hybridized carbons (Fsp3) is 0.0400. The first kappa shape index (κ1) is 23.4. The molecule has 3 aromatic carbocycles. The van der Waals surface area contributed by atoms with Gasteiger partial charge in [0.25, 0.3) is 5.91 Å². The number of amides is 3. The molecule has 0 aromatic heterocycles. The lowest BCUT2D eigenvalue weighted by Gasteiger charge is -2.11. The van der Waals surface area contributed by atoms with Gasteiger partial charge in [-0.05, 0) is 55.0 Å². The van der Waals surface area contributed by atoms with Crippen LogP contribution in [-0.4, -0.2) is 23.4 Å². The summed E-state index contributed by atoms with van der Waals surface area (Å²) in [7, 11) is 0. The van der Waals surface area contributed by atoms with Gasteiger partial charge in [-0.2, -0.15) is 5.10 Å². The van der Waals surface area contributed by atoms with E-state index in [4.69, 9.17) is 11.6 Å². The van der Waals surface area contributed by atoms with E-state index in [9.17, 15) is 14.4 Å². The lowest BCUT2D eigenvalue weighted by atomic mass is 10.1. The lowest BCUT2D eigenvalue weighted by molar-refractivity contribution is -0.136. The van der Waals surface area contributed by atoms with Gasteiger partial charge in [-0.1, -0.05) is 60.1 Å². The standard InChI is InChI=1S/C25H21ClN4O3/c1-17(11-12-18-7-3-2-4-8-18)29-30-25(33)24(32)28-22-10-6-5-9-21(22)23(31)27-20-15-13-19(26)14-16-20/h2-16H,1H3,(H,27,31)(H,28,32)(H,30,33)/b12-11+,29-17-. The normalized spacial score (nSPS) is 11.2. The summed E-state index contributed by atoms with van der Waals surface area (Å²) in [6.07, 6.45) is 3.55. The van der Waals surface area contributed by atoms with E-state index in [-0.39, 0.29) is 11.3 Å². The number of hydrogen-bond donors (Lipinski definition) is 3. The molecule has 3 rings (SSSR count). The van der Waals surface area contributed by atoms with Crippen molar-refractivity contribution in [2.75, 3.05) is 10.6 Å². The molecule has 33 heavy (non-hydrogen) atoms. The smallest absolute Gasteiger partial charge is 0.322 e. The zero-order chi connectivity index (χ0) is 23.6. The van der Waals surface area contributed by atoms with Gasteiger partial charge in [-0.25, -0.2) is 5.43 Å². The molecule has 7 nitrogen and oxygen atoms in total. The molecule has 3 aromatic rings. The van der Waals surface area contributed by atoms with Crippen LogP contribution < -0.4 is 16.1 Å². The Hall–Kier alpha value is -4.23. The van der Waals surface area contributed by atoms with E-state index in [1.807, 2.05) is 36.4 Å². The van der Waals surface area contributed by atoms with Crippen molar-refractivity contribution in [3.05, 3.63) is 101 Å². The van der Waals surface area contributed by atoms with Crippen molar-refractivity contribution in [1.29, 1.82) is 0 Å². The second kappa shape index (κ2) is 11.4. The first-order chi connectivity index (χ1) is 15.9. The highest BCUT2D eigenvalue weighted by molar-refractivity contribution is 6.40. The van der Waals surface area contributed by atoms with Crippen molar-refractivity contribution in [1.82, 2.24) is 5.43 Å². The number of hydrogen-bond acceptors (Lipinski definition) is 4. The molecule has 0 spiro atoms. The second-order valence-corrected chi connectivity index (χ2v) is 7.34. The summed E-state index contributed by atoms with van der Waals surface area (Å²) in [4.78, 5) is 37.1. The molecule has 0 atom stereocenters. The Kier molecular flexibility index (Phi) is 8.10. The summed E-state index contributed by atoms with van der Waals surface area (Å²) in [6.45, 7) is 1.69. The molecule has 8 heteroatoms. The highest BCUT2D eigenvalue weighted by Crippen LogP contribution is 2.19. The maximum absolute atomic E-state index is 12.6. The van der Waals surface area contributed by atoms with E-state index in [1.54, 1.807) is 49.4 Å². The Morgan fingerprint density at radius 1 is 0.818 bits per heavy atom. The van der Waals surface area contributed by atoms with E-state index >= 15 is 0 Å². The van der Waals surface area contributed by atoms with E-state index in [0.717, 1.165) is 5.56 Å². The third-order valence-electron chi connectivity index (χ3n) is 4.38. The van der Waals surface area contributed by atoms with Gasteiger partial charge in [0.15, 0.2) is 0 Å². The van der Waals surface area contributed by atoms with E-state index in [2.05, 4.69) is 21.2 Å². The van der Waals surface area contributed by atoms with Crippen LogP contribution in [0.2, 0.25) is 5.02 Å². The number of halogens is 1. The summed E-state index contributed by atoms with van der Waals surface area (Å²) in [5, 5.41) is 9.61. The summed E-state index contributed by atoms with van der Waals surface area (Å²) in [6, 6.07) is 22.5. The van der Waals surface area contributed by atoms with Crippen LogP contribution in [0.15, 0.2) is 90.0 Å². The third kappa shape index (κ3) is 7.15. The molecule has 0 aliphatic carbocycles. The van der Waals surface area contributed by atoms with Crippen LogP contribution in [0, 0.1) is 0 Å². The largest absolute Gasteiger partial charge is 0.329 e. The van der Waals surface area contributed by atoms with Crippen LogP contribution >= 0.6 is 11.6 Å². The van der Waals surface area contributed by atoms with Crippen molar-refractivity contribution in [2.45, 2.75) is 6.92 Å². The quantitative estimate of drug-likeness (QED) is 0.281. The van der Waals surface area contributed by atoms with Crippen LogP contribution in [0.5, 0.6) is 0 Å². The number of hydrazone groups is 1. The average molecular weight is 461 g/mol. The van der Waals surface area contributed by atoms with Crippen molar-refractivity contribution in [3.8, 4) is 0 Å². The molecule has 0 heterocycles. The van der Waals surface area contributed by atoms with Gasteiger partial charge in [0, 0.05) is 10.7 Å². The zero-order valence-electron chi connectivity index (χ0n) is 17.7. The summed E-state index contributed by atoms with van der Waals surface area (Å²) in [5.74, 6) is -2.37. The number of benzene rings is 3. The minimum absolute atomic E-state index is 0.189. The van der Waals surface area contributed by atoms with Gasteiger partial charge in [-0.15, -0.1) is 0 Å². The van der Waals surface area contributed by atoms with Gasteiger partial charge in [0.05, 0.1) is 17.0 Å². The van der Waals surface area contributed by atoms with Crippen LogP contribution in [-0.2, 0) is 9.59 Å². The van der Waals surface area contributed by atoms with Crippen molar-refractivity contribution < 1.29 is 14.4 Å². The molecule has 3 N–H and O–H groups in total. The molecule has 0 aliphatic rings. The third-order valence-corrected chi connectivity index (χ3v) is 4.63. The van der Waals surface area contributed by atoms with E-state index in [1.165, 1.54) is 12.1 Å². The zero-order valence-corrected chi connectivity index (χ0v) is 18.5. The number of rotatable bonds is 6. The van der Waals surface area contributed by atoms with Gasteiger partial charge in [0.2, 0.25) is 0 Å². The highest BCUT2D eigenvalue weighted by Gasteiger charge is 2.18. The van der Waals surface area contributed by atoms with Gasteiger partial charge in [0.1, 0.15) is 0 Å². The van der Waals surface area contributed by atoms with Crippen LogP contribution in [0.25, 0.3) is 6.08 Å². The predicted molar refractivity (Wildman–Crippen MR) is 131 cm³/mol. The molecule has 0 aliphatic heterocycles. The number of carbonyl (C=O) groups is 3. The number of allylic oxidation sites excluding steroid dienone is 1. The first-order valence-corrected chi connectivity index (χ1v) is 10.3. The number of nitrogens with one attached hydrogen (secondary N) is 3. The molecule has 0 saturated carbocycles. The van der Waals surface area contributed by atoms with Crippen LogP contribution in [0.3, 0.4) is 0 Å². The molecule has 3 amide bonds. The number of anilines is 2. The fourth-order valence-electron chi connectivity index (χ4n) is 2.71. The van der Waals surface area contributed by atoms with Gasteiger partial charge in [-0.3, -0.25) is 14.4 Å². The molecule has 0 fully saturated rings. The number of nitrogens with zero attached hydrogens (tertiary/aromatic N) is 1. The summed E-state index contributed by atoms with van der Waals surface area (Å²) < 4.78 is 0. The van der Waals surface area contributed by atoms with Crippen molar-refractivity contribution >= 4 is 52.5 Å². The number of carbonyl (C=O) groups excluding carboxylic acids is 3. The Labute approximate surface area is 196 Å². The minimum atomic E-state index is -0.963. The van der Waals surface area contributed by atoms with E-state index in [0.29, 0.717) is 16.4 Å². The van der Waals surface area contributed by atoms with Crippen molar-refractivity contribution in [2.24, 2.45) is 5.10 Å². The molecule has 0 radical (unpaired) electrons. The summed E-state index contributed by atoms with van der Waals surface area (Å²) >= 11 is 5.86. The van der Waals surface area contributed by atoms with Crippen LogP contribution in [0.4, 0.5) is 11.4 Å². The van der Waals surface area contributed by atoms with Crippen LogP contribution in [0.1, 0.15) is 22.8 Å². The predicted octanol–water partition coefficient (Wildman–Crippen LogP) is 4.74. The fourth-order valence-corrected chi connectivity index (χ4v) is 2.83. The SMILES string of the molecule is CC(/C=C/c1ccccc1)=N/NC(=O)C(=O)Nc1ccccc1C(=O)Nc1ccc(Cl)cc1. The molecule has 0 unspecified atom stereocenters. The van der Waals surface area contributed by atoms with Gasteiger partial charge >= 0.3 is 11.8 Å². The van der Waals surface area contributed by atoms with E-state index < -0.39 is 17.7 Å². The molecule has 0 bridgehead atoms. The first-order valence-electron chi connectivity index (χ1n) is 9.97. The molecular formula is C25H21ClN4O3. The van der Waals surface area contributed by atoms with Gasteiger partial charge < -0.3 is 10.6 Å². The second-order valence-electron chi connectivity index (χ2n) is 6.90. The maximum atomic E-state index is 12.6. The number of para-hydroxylation sites is 1. The average Bonchev–Trinajstić information content (AvgIpc) is 2.83. The highest BCUT2D eigenvalue weighted by atomic mass is 35.5.